The lowest BCUT2D eigenvalue weighted by atomic mass is 9.91. The number of rotatable bonds is 42. The van der Waals surface area contributed by atoms with Gasteiger partial charge in [-0.05, 0) is 91.8 Å². The highest BCUT2D eigenvalue weighted by molar-refractivity contribution is 5.82. The normalized spacial score (nSPS) is 11.9. The molecule has 0 atom stereocenters. The molecule has 0 aromatic rings. The lowest BCUT2D eigenvalue weighted by molar-refractivity contribution is -0.150. The van der Waals surface area contributed by atoms with Crippen molar-refractivity contribution in [3.05, 3.63) is 0 Å². The SMILES string of the molecule is CCCCCCC(CCCCCC)C(=O)OCCCCOCC(C)(COCCCCOC(=O)C(CCCCCC)CCCCCC)C(=O)NCCCCN(C)C. The van der Waals surface area contributed by atoms with Gasteiger partial charge in [-0.15, -0.1) is 0 Å². The van der Waals surface area contributed by atoms with Crippen LogP contribution in [0.4, 0.5) is 0 Å². The Morgan fingerprint density at radius 3 is 1.23 bits per heavy atom. The number of carbonyl (C=O) groups excluding carboxylic acids is 3. The van der Waals surface area contributed by atoms with Gasteiger partial charge in [0, 0.05) is 19.8 Å². The zero-order valence-electron chi connectivity index (χ0n) is 38.0. The zero-order valence-corrected chi connectivity index (χ0v) is 38.0. The summed E-state index contributed by atoms with van der Waals surface area (Å²) in [5.41, 5.74) is -0.827. The molecule has 1 N–H and O–H groups in total. The minimum absolute atomic E-state index is 0.0136. The molecule has 0 aromatic heterocycles. The Kier molecular flexibility index (Phi) is 37.6. The van der Waals surface area contributed by atoms with Crippen molar-refractivity contribution in [3.8, 4) is 0 Å². The average molecular weight is 797 g/mol. The van der Waals surface area contributed by atoms with E-state index in [0.717, 1.165) is 96.4 Å². The Hall–Kier alpha value is -1.71. The number of carbonyl (C=O) groups is 3. The van der Waals surface area contributed by atoms with Gasteiger partial charge in [-0.1, -0.05) is 130 Å². The molecule has 0 saturated carbocycles. The van der Waals surface area contributed by atoms with Crippen molar-refractivity contribution in [2.75, 3.05) is 66.8 Å². The number of hydrogen-bond donors (Lipinski definition) is 1. The van der Waals surface area contributed by atoms with Gasteiger partial charge in [0.15, 0.2) is 0 Å². The van der Waals surface area contributed by atoms with Crippen LogP contribution in [0.3, 0.4) is 0 Å². The van der Waals surface area contributed by atoms with Crippen LogP contribution >= 0.6 is 0 Å². The van der Waals surface area contributed by atoms with E-state index in [1.165, 1.54) is 77.0 Å². The maximum absolute atomic E-state index is 13.4. The molecule has 0 aliphatic rings. The highest BCUT2D eigenvalue weighted by atomic mass is 16.5. The van der Waals surface area contributed by atoms with E-state index in [1.54, 1.807) is 0 Å². The van der Waals surface area contributed by atoms with Gasteiger partial charge in [0.05, 0.1) is 43.7 Å². The molecular formula is C47H92N2O7. The third-order valence-electron chi connectivity index (χ3n) is 10.9. The molecule has 9 heteroatoms. The lowest BCUT2D eigenvalue weighted by Gasteiger charge is -2.28. The van der Waals surface area contributed by atoms with Gasteiger partial charge in [-0.3, -0.25) is 14.4 Å². The predicted molar refractivity (Wildman–Crippen MR) is 233 cm³/mol. The molecule has 0 saturated heterocycles. The Morgan fingerprint density at radius 1 is 0.500 bits per heavy atom. The summed E-state index contributed by atoms with van der Waals surface area (Å²) in [6.45, 7) is 14.7. The molecule has 0 aromatic carbocycles. The number of amides is 1. The fourth-order valence-electron chi connectivity index (χ4n) is 6.96. The van der Waals surface area contributed by atoms with Gasteiger partial charge < -0.3 is 29.2 Å². The number of hydrogen-bond acceptors (Lipinski definition) is 8. The maximum atomic E-state index is 13.4. The van der Waals surface area contributed by atoms with Gasteiger partial charge in [-0.2, -0.15) is 0 Å². The fraction of sp³-hybridized carbons (Fsp3) is 0.936. The van der Waals surface area contributed by atoms with E-state index in [2.05, 4.69) is 52.0 Å². The van der Waals surface area contributed by atoms with Crippen LogP contribution in [0.1, 0.15) is 202 Å². The number of nitrogens with one attached hydrogen (secondary N) is 1. The van der Waals surface area contributed by atoms with Gasteiger partial charge in [0.25, 0.3) is 0 Å². The molecule has 0 fully saturated rings. The standard InChI is InChI=1S/C47H92N2O7/c1-8-12-16-20-30-42(31-21-17-13-9-2)44(50)55-38-28-26-36-53-40-47(5,46(52)48-34-24-25-35-49(6)7)41-54-37-27-29-39-56-45(51)43(32-22-18-14-10-3)33-23-19-15-11-4/h42-43H,8-41H2,1-7H3,(H,48,52). The molecule has 1 amide bonds. The van der Waals surface area contributed by atoms with Gasteiger partial charge in [0.1, 0.15) is 0 Å². The Bertz CT molecular complexity index is 837. The highest BCUT2D eigenvalue weighted by Gasteiger charge is 2.34. The van der Waals surface area contributed by atoms with Crippen LogP contribution in [0.15, 0.2) is 0 Å². The second-order valence-electron chi connectivity index (χ2n) is 17.0. The second-order valence-corrected chi connectivity index (χ2v) is 17.0. The van der Waals surface area contributed by atoms with Gasteiger partial charge >= 0.3 is 11.9 Å². The van der Waals surface area contributed by atoms with Crippen molar-refractivity contribution in [1.29, 1.82) is 0 Å². The first-order valence-corrected chi connectivity index (χ1v) is 23.6. The van der Waals surface area contributed by atoms with E-state index >= 15 is 0 Å². The molecule has 0 radical (unpaired) electrons. The third-order valence-corrected chi connectivity index (χ3v) is 10.9. The lowest BCUT2D eigenvalue weighted by Crippen LogP contribution is -2.45. The molecular weight excluding hydrogens is 705 g/mol. The minimum atomic E-state index is -0.827. The predicted octanol–water partition coefficient (Wildman–Crippen LogP) is 11.2. The Morgan fingerprint density at radius 2 is 0.875 bits per heavy atom. The van der Waals surface area contributed by atoms with Crippen LogP contribution in [0.5, 0.6) is 0 Å². The van der Waals surface area contributed by atoms with Crippen molar-refractivity contribution >= 4 is 17.8 Å². The van der Waals surface area contributed by atoms with Crippen LogP contribution in [0.2, 0.25) is 0 Å². The maximum Gasteiger partial charge on any atom is 0.308 e. The van der Waals surface area contributed by atoms with Crippen molar-refractivity contribution in [1.82, 2.24) is 10.2 Å². The number of ether oxygens (including phenoxy) is 4. The molecule has 0 aliphatic carbocycles. The number of esters is 2. The van der Waals surface area contributed by atoms with Crippen molar-refractivity contribution in [2.45, 2.75) is 202 Å². The number of unbranched alkanes of at least 4 members (excludes halogenated alkanes) is 15. The van der Waals surface area contributed by atoms with Gasteiger partial charge in [0.2, 0.25) is 5.91 Å². The van der Waals surface area contributed by atoms with Crippen molar-refractivity contribution in [2.24, 2.45) is 17.3 Å². The molecule has 0 spiro atoms. The quantitative estimate of drug-likeness (QED) is 0.0481. The second kappa shape index (κ2) is 38.8. The zero-order chi connectivity index (χ0) is 41.5. The van der Waals surface area contributed by atoms with Gasteiger partial charge in [-0.25, -0.2) is 0 Å². The summed E-state index contributed by atoms with van der Waals surface area (Å²) in [5, 5.41) is 3.12. The van der Waals surface area contributed by atoms with Crippen LogP contribution in [-0.4, -0.2) is 89.6 Å². The summed E-state index contributed by atoms with van der Waals surface area (Å²) in [6, 6.07) is 0. The first kappa shape index (κ1) is 54.3. The molecule has 0 heterocycles. The third kappa shape index (κ3) is 31.3. The minimum Gasteiger partial charge on any atom is -0.465 e. The van der Waals surface area contributed by atoms with E-state index in [0.29, 0.717) is 33.0 Å². The molecule has 56 heavy (non-hydrogen) atoms. The van der Waals surface area contributed by atoms with Crippen molar-refractivity contribution < 1.29 is 33.3 Å². The topological polar surface area (TPSA) is 103 Å². The van der Waals surface area contributed by atoms with E-state index in [4.69, 9.17) is 18.9 Å². The summed E-state index contributed by atoms with van der Waals surface area (Å²) < 4.78 is 23.6. The molecule has 0 unspecified atom stereocenters. The summed E-state index contributed by atoms with van der Waals surface area (Å²) >= 11 is 0. The number of nitrogens with zero attached hydrogens (tertiary/aromatic N) is 1. The summed E-state index contributed by atoms with van der Waals surface area (Å²) in [7, 11) is 4.12. The summed E-state index contributed by atoms with van der Waals surface area (Å²) in [4.78, 5) is 41.4. The fourth-order valence-corrected chi connectivity index (χ4v) is 6.96. The smallest absolute Gasteiger partial charge is 0.308 e. The highest BCUT2D eigenvalue weighted by Crippen LogP contribution is 2.23. The van der Waals surface area contributed by atoms with E-state index in [9.17, 15) is 14.4 Å². The molecule has 0 rings (SSSR count). The monoisotopic (exact) mass is 797 g/mol. The van der Waals surface area contributed by atoms with E-state index < -0.39 is 5.41 Å². The van der Waals surface area contributed by atoms with E-state index in [-0.39, 0.29) is 42.9 Å². The Balaban J connectivity index is 4.81. The largest absolute Gasteiger partial charge is 0.465 e. The van der Waals surface area contributed by atoms with Crippen LogP contribution in [-0.2, 0) is 33.3 Å². The summed E-state index contributed by atoms with van der Waals surface area (Å²) in [5.74, 6) is -0.106. The first-order chi connectivity index (χ1) is 27.1. The van der Waals surface area contributed by atoms with E-state index in [1.807, 2.05) is 6.92 Å². The summed E-state index contributed by atoms with van der Waals surface area (Å²) in [6.07, 6.45) is 27.4. The van der Waals surface area contributed by atoms with Crippen LogP contribution in [0, 0.1) is 17.3 Å². The van der Waals surface area contributed by atoms with Crippen molar-refractivity contribution in [3.63, 3.8) is 0 Å². The van der Waals surface area contributed by atoms with Crippen LogP contribution in [0.25, 0.3) is 0 Å². The molecule has 9 nitrogen and oxygen atoms in total. The van der Waals surface area contributed by atoms with Crippen LogP contribution < -0.4 is 5.32 Å². The Labute approximate surface area is 346 Å². The molecule has 0 bridgehead atoms. The average Bonchev–Trinajstić information content (AvgIpc) is 3.18. The molecule has 0 aliphatic heterocycles. The first-order valence-electron chi connectivity index (χ1n) is 23.6. The molecule has 332 valence electrons.